The molecule has 98 valence electrons. The number of hydrogen-bond acceptors (Lipinski definition) is 2. The van der Waals surface area contributed by atoms with E-state index in [-0.39, 0.29) is 0 Å². The molecule has 1 unspecified atom stereocenters. The molecular formula is C15H20ClNO. The first-order chi connectivity index (χ1) is 8.86. The predicted octanol–water partition coefficient (Wildman–Crippen LogP) is 2.61. The highest BCUT2D eigenvalue weighted by Crippen LogP contribution is 2.24. The molecule has 18 heavy (non-hydrogen) atoms. The van der Waals surface area contributed by atoms with Crippen LogP contribution in [0.1, 0.15) is 23.1 Å². The first-order valence-corrected chi connectivity index (χ1v) is 7.38. The van der Waals surface area contributed by atoms with Crippen molar-refractivity contribution >= 4 is 11.6 Å². The van der Waals surface area contributed by atoms with Gasteiger partial charge < -0.3 is 4.74 Å². The van der Waals surface area contributed by atoms with Gasteiger partial charge in [0.15, 0.2) is 0 Å². The van der Waals surface area contributed by atoms with Crippen LogP contribution in [0.4, 0.5) is 0 Å². The van der Waals surface area contributed by atoms with Gasteiger partial charge in [0.1, 0.15) is 0 Å². The topological polar surface area (TPSA) is 12.5 Å². The molecule has 0 saturated carbocycles. The third-order valence-electron chi connectivity index (χ3n) is 4.08. The van der Waals surface area contributed by atoms with Crippen LogP contribution in [0.25, 0.3) is 0 Å². The van der Waals surface area contributed by atoms with Crippen LogP contribution in [-0.4, -0.2) is 36.6 Å². The molecule has 2 nitrogen and oxygen atoms in total. The monoisotopic (exact) mass is 265 g/mol. The fraction of sp³-hybridized carbons (Fsp3) is 0.600. The van der Waals surface area contributed by atoms with Gasteiger partial charge in [-0.25, -0.2) is 0 Å². The van der Waals surface area contributed by atoms with Crippen LogP contribution < -0.4 is 0 Å². The fourth-order valence-corrected chi connectivity index (χ4v) is 3.28. The summed E-state index contributed by atoms with van der Waals surface area (Å²) in [7, 11) is 0. The Hall–Kier alpha value is -0.570. The number of halogens is 1. The summed E-state index contributed by atoms with van der Waals surface area (Å²) in [4.78, 5) is 2.45. The maximum absolute atomic E-state index is 6.01. The summed E-state index contributed by atoms with van der Waals surface area (Å²) in [6.07, 6.45) is 3.84. The van der Waals surface area contributed by atoms with Crippen molar-refractivity contribution in [3.63, 3.8) is 0 Å². The Bertz CT molecular complexity index is 421. The van der Waals surface area contributed by atoms with Crippen molar-refractivity contribution in [3.05, 3.63) is 34.9 Å². The number of morpholine rings is 1. The molecule has 1 saturated heterocycles. The summed E-state index contributed by atoms with van der Waals surface area (Å²) in [5, 5.41) is 0. The van der Waals surface area contributed by atoms with Gasteiger partial charge in [0.05, 0.1) is 13.2 Å². The van der Waals surface area contributed by atoms with Gasteiger partial charge in [-0.05, 0) is 36.0 Å². The van der Waals surface area contributed by atoms with E-state index in [1.54, 1.807) is 11.1 Å². The van der Waals surface area contributed by atoms with Crippen LogP contribution in [0.3, 0.4) is 0 Å². The van der Waals surface area contributed by atoms with Crippen LogP contribution in [0, 0.1) is 0 Å². The van der Waals surface area contributed by atoms with Crippen molar-refractivity contribution in [1.29, 1.82) is 0 Å². The molecule has 0 N–H and O–H groups in total. The lowest BCUT2D eigenvalue weighted by Gasteiger charge is -2.34. The van der Waals surface area contributed by atoms with Crippen molar-refractivity contribution in [1.82, 2.24) is 4.90 Å². The number of nitrogens with zero attached hydrogens (tertiary/aromatic N) is 1. The second kappa shape index (κ2) is 5.60. The second-order valence-electron chi connectivity index (χ2n) is 5.31. The summed E-state index contributed by atoms with van der Waals surface area (Å²) < 4.78 is 5.49. The average molecular weight is 266 g/mol. The Kier molecular flexibility index (Phi) is 3.88. The molecule has 0 amide bonds. The maximum atomic E-state index is 6.01. The minimum absolute atomic E-state index is 0.369. The summed E-state index contributed by atoms with van der Waals surface area (Å²) in [6.45, 7) is 3.61. The van der Waals surface area contributed by atoms with Crippen molar-refractivity contribution in [2.75, 3.05) is 25.6 Å². The molecule has 1 atom stereocenters. The van der Waals surface area contributed by atoms with E-state index in [2.05, 4.69) is 23.1 Å². The minimum Gasteiger partial charge on any atom is -0.378 e. The summed E-state index contributed by atoms with van der Waals surface area (Å²) in [5.41, 5.74) is 4.53. The van der Waals surface area contributed by atoms with Gasteiger partial charge >= 0.3 is 0 Å². The van der Waals surface area contributed by atoms with Crippen molar-refractivity contribution in [2.45, 2.75) is 31.8 Å². The second-order valence-corrected chi connectivity index (χ2v) is 5.62. The largest absolute Gasteiger partial charge is 0.378 e. The van der Waals surface area contributed by atoms with Gasteiger partial charge in [0.2, 0.25) is 0 Å². The molecule has 0 bridgehead atoms. The zero-order chi connectivity index (χ0) is 12.4. The summed E-state index contributed by atoms with van der Waals surface area (Å²) in [5.74, 6) is 0.658. The Balaban J connectivity index is 1.71. The lowest BCUT2D eigenvalue weighted by molar-refractivity contribution is -0.00304. The smallest absolute Gasteiger partial charge is 0.0634 e. The third kappa shape index (κ3) is 2.56. The van der Waals surface area contributed by atoms with Crippen LogP contribution in [-0.2, 0) is 24.1 Å². The molecule has 1 heterocycles. The van der Waals surface area contributed by atoms with Crippen molar-refractivity contribution in [2.24, 2.45) is 0 Å². The zero-order valence-electron chi connectivity index (χ0n) is 10.7. The molecule has 0 spiro atoms. The van der Waals surface area contributed by atoms with Gasteiger partial charge in [0.25, 0.3) is 0 Å². The highest BCUT2D eigenvalue weighted by Gasteiger charge is 2.22. The molecule has 1 aliphatic carbocycles. The lowest BCUT2D eigenvalue weighted by atomic mass is 10.1. The minimum atomic E-state index is 0.369. The number of aryl methyl sites for hydroxylation is 2. The summed E-state index contributed by atoms with van der Waals surface area (Å²) >= 11 is 6.01. The highest BCUT2D eigenvalue weighted by molar-refractivity contribution is 6.18. The Morgan fingerprint density at radius 3 is 3.06 bits per heavy atom. The quantitative estimate of drug-likeness (QED) is 0.779. The van der Waals surface area contributed by atoms with Gasteiger partial charge in [0, 0.05) is 25.0 Å². The number of fused-ring (bicyclic) bond motifs is 1. The third-order valence-corrected chi connectivity index (χ3v) is 4.43. The number of alkyl halides is 1. The van der Waals surface area contributed by atoms with Crippen LogP contribution >= 0.6 is 11.6 Å². The van der Waals surface area contributed by atoms with Crippen LogP contribution in [0.15, 0.2) is 18.2 Å². The molecule has 1 aliphatic heterocycles. The van der Waals surface area contributed by atoms with E-state index in [1.165, 1.54) is 24.8 Å². The number of ether oxygens (including phenoxy) is 1. The van der Waals surface area contributed by atoms with Gasteiger partial charge in [-0.15, -0.1) is 11.6 Å². The van der Waals surface area contributed by atoms with Crippen molar-refractivity contribution in [3.8, 4) is 0 Å². The molecule has 2 aliphatic rings. The van der Waals surface area contributed by atoms with Gasteiger partial charge in [-0.3, -0.25) is 4.90 Å². The fourth-order valence-electron chi connectivity index (χ4n) is 3.00. The van der Waals surface area contributed by atoms with Gasteiger partial charge in [-0.2, -0.15) is 0 Å². The molecule has 1 aromatic carbocycles. The molecule has 3 heteroatoms. The van der Waals surface area contributed by atoms with E-state index >= 15 is 0 Å². The SMILES string of the molecule is ClCC1COCCN1Cc1ccc2c(c1)CCC2. The Labute approximate surface area is 114 Å². The highest BCUT2D eigenvalue weighted by atomic mass is 35.5. The zero-order valence-corrected chi connectivity index (χ0v) is 11.5. The number of hydrogen-bond donors (Lipinski definition) is 0. The molecule has 3 rings (SSSR count). The standard InChI is InChI=1S/C15H20ClNO/c16-9-15-11-18-7-6-17(15)10-12-4-5-13-2-1-3-14(13)8-12/h4-5,8,15H,1-3,6-7,9-11H2. The number of rotatable bonds is 3. The van der Waals surface area contributed by atoms with E-state index in [9.17, 15) is 0 Å². The first-order valence-electron chi connectivity index (χ1n) is 6.85. The summed E-state index contributed by atoms with van der Waals surface area (Å²) in [6, 6.07) is 7.36. The molecule has 1 fully saturated rings. The van der Waals surface area contributed by atoms with E-state index < -0.39 is 0 Å². The maximum Gasteiger partial charge on any atom is 0.0634 e. The Morgan fingerprint density at radius 2 is 2.17 bits per heavy atom. The normalized spacial score (nSPS) is 24.2. The van der Waals surface area contributed by atoms with E-state index in [1.807, 2.05) is 0 Å². The van der Waals surface area contributed by atoms with Crippen LogP contribution in [0.5, 0.6) is 0 Å². The predicted molar refractivity (Wildman–Crippen MR) is 74.2 cm³/mol. The van der Waals surface area contributed by atoms with E-state index in [4.69, 9.17) is 16.3 Å². The number of benzene rings is 1. The molecular weight excluding hydrogens is 246 g/mol. The molecule has 0 aromatic heterocycles. The van der Waals surface area contributed by atoms with Gasteiger partial charge in [-0.1, -0.05) is 18.2 Å². The molecule has 0 radical (unpaired) electrons. The molecule has 1 aromatic rings. The van der Waals surface area contributed by atoms with Crippen LogP contribution in [0.2, 0.25) is 0 Å². The van der Waals surface area contributed by atoms with Crippen molar-refractivity contribution < 1.29 is 4.74 Å². The first kappa shape index (κ1) is 12.5. The lowest BCUT2D eigenvalue weighted by Crippen LogP contribution is -2.45. The van der Waals surface area contributed by atoms with E-state index in [0.717, 1.165) is 26.3 Å². The van der Waals surface area contributed by atoms with E-state index in [0.29, 0.717) is 11.9 Å². The Morgan fingerprint density at radius 1 is 1.28 bits per heavy atom. The average Bonchev–Trinajstić information content (AvgIpc) is 2.87.